The van der Waals surface area contributed by atoms with Gasteiger partial charge >= 0.3 is 11.4 Å². The molecule has 0 atom stereocenters. The van der Waals surface area contributed by atoms with E-state index in [2.05, 4.69) is 19.4 Å². The summed E-state index contributed by atoms with van der Waals surface area (Å²) < 4.78 is 4.41. The van der Waals surface area contributed by atoms with Gasteiger partial charge in [-0.25, -0.2) is 14.6 Å². The van der Waals surface area contributed by atoms with Crippen LogP contribution in [0.3, 0.4) is 0 Å². The second kappa shape index (κ2) is 2.57. The molecule has 0 saturated heterocycles. The van der Waals surface area contributed by atoms with E-state index >= 15 is 0 Å². The van der Waals surface area contributed by atoms with Crippen molar-refractivity contribution in [2.75, 3.05) is 0 Å². The molecule has 0 aliphatic heterocycles. The van der Waals surface area contributed by atoms with Gasteiger partial charge in [0.25, 0.3) is 0 Å². The molecular formula is C9H5N3O3. The van der Waals surface area contributed by atoms with Gasteiger partial charge in [0.05, 0.1) is 28.3 Å². The van der Waals surface area contributed by atoms with Crippen molar-refractivity contribution in [3.63, 3.8) is 0 Å². The van der Waals surface area contributed by atoms with Crippen LogP contribution in [0.15, 0.2) is 32.5 Å². The van der Waals surface area contributed by atoms with Crippen LogP contribution in [-0.2, 0) is 0 Å². The number of aromatic amines is 2. The van der Waals surface area contributed by atoms with Crippen molar-refractivity contribution in [2.24, 2.45) is 0 Å². The summed E-state index contributed by atoms with van der Waals surface area (Å²) in [5.41, 5.74) is 1.19. The zero-order valence-electron chi connectivity index (χ0n) is 7.40. The minimum absolute atomic E-state index is 0.325. The lowest BCUT2D eigenvalue weighted by molar-refractivity contribution is 0.460. The number of hydrogen-bond donors (Lipinski definition) is 2. The van der Waals surface area contributed by atoms with Gasteiger partial charge in [0.15, 0.2) is 0 Å². The predicted molar refractivity (Wildman–Crippen MR) is 52.8 cm³/mol. The van der Waals surface area contributed by atoms with Crippen molar-refractivity contribution in [3.05, 3.63) is 39.4 Å². The van der Waals surface area contributed by atoms with Crippen LogP contribution in [0.5, 0.6) is 0 Å². The molecule has 0 unspecified atom stereocenters. The molecule has 1 aromatic carbocycles. The van der Waals surface area contributed by atoms with Crippen LogP contribution in [0.4, 0.5) is 0 Å². The number of rotatable bonds is 0. The third-order valence-electron chi connectivity index (χ3n) is 2.20. The number of nitrogens with one attached hydrogen (secondary N) is 2. The lowest BCUT2D eigenvalue weighted by Crippen LogP contribution is -2.14. The number of fused-ring (bicyclic) bond motifs is 2. The van der Waals surface area contributed by atoms with Crippen molar-refractivity contribution < 1.29 is 4.42 Å². The van der Waals surface area contributed by atoms with Crippen molar-refractivity contribution in [2.45, 2.75) is 0 Å². The smallest absolute Gasteiger partial charge is 0.372 e. The Kier molecular flexibility index (Phi) is 1.37. The molecule has 2 N–H and O–H groups in total. The quantitative estimate of drug-likeness (QED) is 0.551. The molecule has 0 radical (unpaired) electrons. The van der Waals surface area contributed by atoms with E-state index in [0.29, 0.717) is 16.4 Å². The fourth-order valence-electron chi connectivity index (χ4n) is 1.53. The van der Waals surface area contributed by atoms with Gasteiger partial charge in [0, 0.05) is 0 Å². The second-order valence-corrected chi connectivity index (χ2v) is 3.12. The van der Waals surface area contributed by atoms with Crippen molar-refractivity contribution >= 4 is 21.9 Å². The first-order chi connectivity index (χ1) is 7.24. The Bertz CT molecular complexity index is 765. The topological polar surface area (TPSA) is 91.8 Å². The average molecular weight is 203 g/mol. The van der Waals surface area contributed by atoms with E-state index in [1.807, 2.05) is 0 Å². The number of nitrogens with zero attached hydrogens (tertiary/aromatic N) is 1. The summed E-state index contributed by atoms with van der Waals surface area (Å²) in [7, 11) is 0. The number of H-pyrrole nitrogens is 2. The number of benzene rings is 1. The largest absolute Gasteiger partial charge is 0.419 e. The van der Waals surface area contributed by atoms with Crippen molar-refractivity contribution in [1.82, 2.24) is 15.0 Å². The maximum absolute atomic E-state index is 11.3. The van der Waals surface area contributed by atoms with E-state index < -0.39 is 11.4 Å². The van der Waals surface area contributed by atoms with E-state index in [9.17, 15) is 9.59 Å². The highest BCUT2D eigenvalue weighted by Gasteiger charge is 2.05. The zero-order chi connectivity index (χ0) is 10.4. The standard InChI is InChI=1S/C9H5N3O3/c13-8-4-1-6-7(11-3-10-6)2-5(4)12-9(14)15-8/h1-3H,(H,10,11)(H,12,14). The highest BCUT2D eigenvalue weighted by atomic mass is 16.4. The van der Waals surface area contributed by atoms with E-state index in [-0.39, 0.29) is 0 Å². The average Bonchev–Trinajstić information content (AvgIpc) is 2.61. The zero-order valence-corrected chi connectivity index (χ0v) is 7.40. The normalized spacial score (nSPS) is 11.2. The van der Waals surface area contributed by atoms with Gasteiger partial charge < -0.3 is 9.40 Å². The lowest BCUT2D eigenvalue weighted by atomic mass is 10.2. The molecule has 15 heavy (non-hydrogen) atoms. The van der Waals surface area contributed by atoms with Gasteiger partial charge in [0.1, 0.15) is 0 Å². The third-order valence-corrected chi connectivity index (χ3v) is 2.20. The van der Waals surface area contributed by atoms with E-state index in [1.54, 1.807) is 12.1 Å². The molecule has 0 amide bonds. The highest BCUT2D eigenvalue weighted by Crippen LogP contribution is 2.14. The minimum atomic E-state index is -0.762. The summed E-state index contributed by atoms with van der Waals surface area (Å²) in [6.45, 7) is 0. The van der Waals surface area contributed by atoms with Crippen LogP contribution in [0.25, 0.3) is 21.9 Å². The highest BCUT2D eigenvalue weighted by molar-refractivity contribution is 5.91. The molecule has 0 bridgehead atoms. The Morgan fingerprint density at radius 2 is 2.07 bits per heavy atom. The summed E-state index contributed by atoms with van der Waals surface area (Å²) in [4.78, 5) is 31.6. The predicted octanol–water partition coefficient (Wildman–Crippen LogP) is 0.358. The number of hydrogen-bond acceptors (Lipinski definition) is 4. The minimum Gasteiger partial charge on any atom is -0.372 e. The first kappa shape index (κ1) is 7.98. The van der Waals surface area contributed by atoms with Crippen LogP contribution in [0, 0.1) is 0 Å². The monoisotopic (exact) mass is 203 g/mol. The van der Waals surface area contributed by atoms with Crippen molar-refractivity contribution in [3.8, 4) is 0 Å². The van der Waals surface area contributed by atoms with Gasteiger partial charge in [-0.15, -0.1) is 0 Å². The Labute approximate surface area is 81.6 Å². The third kappa shape index (κ3) is 1.08. The summed E-state index contributed by atoms with van der Waals surface area (Å²) in [6, 6.07) is 3.22. The SMILES string of the molecule is O=c1[nH]c2cc3nc[nH]c3cc2c(=O)o1. The van der Waals surface area contributed by atoms with E-state index in [4.69, 9.17) is 0 Å². The Hall–Kier alpha value is -2.37. The van der Waals surface area contributed by atoms with Gasteiger partial charge in [-0.1, -0.05) is 0 Å². The first-order valence-corrected chi connectivity index (χ1v) is 4.24. The van der Waals surface area contributed by atoms with Gasteiger partial charge in [-0.05, 0) is 12.1 Å². The molecule has 3 aromatic rings. The summed E-state index contributed by atoms with van der Waals surface area (Å²) >= 11 is 0. The molecule has 0 aliphatic carbocycles. The van der Waals surface area contributed by atoms with Crippen LogP contribution in [0.2, 0.25) is 0 Å². The fraction of sp³-hybridized carbons (Fsp3) is 0. The van der Waals surface area contributed by atoms with Crippen LogP contribution >= 0.6 is 0 Å². The summed E-state index contributed by atoms with van der Waals surface area (Å²) in [6.07, 6.45) is 1.52. The lowest BCUT2D eigenvalue weighted by Gasteiger charge is -1.94. The molecule has 0 saturated carbocycles. The molecule has 0 fully saturated rings. The Morgan fingerprint density at radius 3 is 2.93 bits per heavy atom. The number of imidazole rings is 1. The van der Waals surface area contributed by atoms with Gasteiger partial charge in [-0.3, -0.25) is 4.98 Å². The van der Waals surface area contributed by atoms with Crippen molar-refractivity contribution in [1.29, 1.82) is 0 Å². The maximum Gasteiger partial charge on any atom is 0.419 e. The molecular weight excluding hydrogens is 198 g/mol. The van der Waals surface area contributed by atoms with E-state index in [0.717, 1.165) is 5.52 Å². The molecule has 2 aromatic heterocycles. The molecule has 0 spiro atoms. The van der Waals surface area contributed by atoms with Crippen LogP contribution < -0.4 is 11.4 Å². The second-order valence-electron chi connectivity index (χ2n) is 3.12. The molecule has 6 heteroatoms. The van der Waals surface area contributed by atoms with Crippen LogP contribution in [-0.4, -0.2) is 15.0 Å². The van der Waals surface area contributed by atoms with Gasteiger partial charge in [-0.2, -0.15) is 0 Å². The molecule has 0 aliphatic rings. The Morgan fingerprint density at radius 1 is 1.20 bits per heavy atom. The Balaban J connectivity index is 2.65. The number of aromatic nitrogens is 3. The fourth-order valence-corrected chi connectivity index (χ4v) is 1.53. The summed E-state index contributed by atoms with van der Waals surface area (Å²) in [5.74, 6) is -0.762. The molecule has 74 valence electrons. The molecule has 6 nitrogen and oxygen atoms in total. The first-order valence-electron chi connectivity index (χ1n) is 4.24. The maximum atomic E-state index is 11.3. The molecule has 3 rings (SSSR count). The van der Waals surface area contributed by atoms with Crippen LogP contribution in [0.1, 0.15) is 0 Å². The summed E-state index contributed by atoms with van der Waals surface area (Å²) in [5, 5.41) is 0.325. The van der Waals surface area contributed by atoms with Gasteiger partial charge in [0.2, 0.25) is 0 Å². The van der Waals surface area contributed by atoms with E-state index in [1.165, 1.54) is 6.33 Å². The molecule has 2 heterocycles.